The zero-order valence-electron chi connectivity index (χ0n) is 11.6. The van der Waals surface area contributed by atoms with Crippen LogP contribution in [0.1, 0.15) is 33.0 Å². The lowest BCUT2D eigenvalue weighted by atomic mass is 10.3. The van der Waals surface area contributed by atoms with Gasteiger partial charge < -0.3 is 10.6 Å². The molecule has 0 saturated heterocycles. The lowest BCUT2D eigenvalue weighted by molar-refractivity contribution is 0.324. The van der Waals surface area contributed by atoms with Gasteiger partial charge in [-0.05, 0) is 19.5 Å². The van der Waals surface area contributed by atoms with Crippen LogP contribution >= 0.6 is 11.8 Å². The lowest BCUT2D eigenvalue weighted by Crippen LogP contribution is -2.25. The van der Waals surface area contributed by atoms with Crippen molar-refractivity contribution < 1.29 is 0 Å². The fourth-order valence-electron chi connectivity index (χ4n) is 1.72. The van der Waals surface area contributed by atoms with Gasteiger partial charge in [0.05, 0.1) is 0 Å². The van der Waals surface area contributed by atoms with E-state index in [2.05, 4.69) is 35.6 Å². The maximum atomic E-state index is 5.80. The summed E-state index contributed by atoms with van der Waals surface area (Å²) < 4.78 is 0. The molecule has 0 spiro atoms. The average Bonchev–Trinajstić information content (AvgIpc) is 2.34. The summed E-state index contributed by atoms with van der Waals surface area (Å²) in [4.78, 5) is 11.2. The van der Waals surface area contributed by atoms with Gasteiger partial charge in [0.15, 0.2) is 0 Å². The van der Waals surface area contributed by atoms with Crippen LogP contribution in [0.2, 0.25) is 0 Å². The minimum absolute atomic E-state index is 0.582. The third kappa shape index (κ3) is 5.23. The number of hydrogen-bond acceptors (Lipinski definition) is 5. The van der Waals surface area contributed by atoms with Crippen molar-refractivity contribution in [1.29, 1.82) is 0 Å². The second-order valence-corrected chi connectivity index (χ2v) is 5.29. The van der Waals surface area contributed by atoms with Crippen molar-refractivity contribution >= 4 is 17.6 Å². The largest absolute Gasteiger partial charge is 0.384 e. The van der Waals surface area contributed by atoms with Crippen LogP contribution in [-0.4, -0.2) is 40.3 Å². The summed E-state index contributed by atoms with van der Waals surface area (Å²) in [5.41, 5.74) is 5.80. The molecule has 0 amide bonds. The monoisotopic (exact) mass is 268 g/mol. The van der Waals surface area contributed by atoms with Gasteiger partial charge in [0.25, 0.3) is 0 Å². The summed E-state index contributed by atoms with van der Waals surface area (Å²) in [5.74, 6) is 2.49. The smallest absolute Gasteiger partial charge is 0.132 e. The van der Waals surface area contributed by atoms with E-state index in [1.807, 2.05) is 6.07 Å². The summed E-state index contributed by atoms with van der Waals surface area (Å²) in [7, 11) is 0. The SMILES string of the molecule is CCCc1nc(N)cc(SCCN(CC)CC)n1. The molecule has 1 heterocycles. The number of aryl methyl sites for hydroxylation is 1. The highest BCUT2D eigenvalue weighted by atomic mass is 32.2. The van der Waals surface area contributed by atoms with Crippen molar-refractivity contribution in [3.63, 3.8) is 0 Å². The molecule has 0 aliphatic rings. The van der Waals surface area contributed by atoms with Crippen molar-refractivity contribution in [2.75, 3.05) is 31.1 Å². The van der Waals surface area contributed by atoms with E-state index in [0.29, 0.717) is 5.82 Å². The molecule has 0 saturated carbocycles. The Kier molecular flexibility index (Phi) is 7.05. The van der Waals surface area contributed by atoms with Gasteiger partial charge in [-0.25, -0.2) is 9.97 Å². The Bertz CT molecular complexity index is 353. The van der Waals surface area contributed by atoms with E-state index in [1.54, 1.807) is 11.8 Å². The Morgan fingerprint density at radius 1 is 1.22 bits per heavy atom. The molecule has 0 aliphatic heterocycles. The first-order chi connectivity index (χ1) is 8.69. The first-order valence-electron chi connectivity index (χ1n) is 6.68. The second-order valence-electron chi connectivity index (χ2n) is 4.17. The molecule has 0 aromatic carbocycles. The Balaban J connectivity index is 2.51. The topological polar surface area (TPSA) is 55.0 Å². The van der Waals surface area contributed by atoms with Gasteiger partial charge in [0.2, 0.25) is 0 Å². The summed E-state index contributed by atoms with van der Waals surface area (Å²) >= 11 is 1.76. The number of anilines is 1. The molecule has 0 radical (unpaired) electrons. The van der Waals surface area contributed by atoms with Crippen LogP contribution in [-0.2, 0) is 6.42 Å². The van der Waals surface area contributed by atoms with Crippen LogP contribution in [0.25, 0.3) is 0 Å². The number of nitrogens with two attached hydrogens (primary N) is 1. The van der Waals surface area contributed by atoms with Gasteiger partial charge >= 0.3 is 0 Å². The first kappa shape index (κ1) is 15.2. The Hall–Kier alpha value is -0.810. The van der Waals surface area contributed by atoms with E-state index in [4.69, 9.17) is 5.73 Å². The van der Waals surface area contributed by atoms with Crippen molar-refractivity contribution in [2.45, 2.75) is 38.6 Å². The molecule has 18 heavy (non-hydrogen) atoms. The molecule has 102 valence electrons. The van der Waals surface area contributed by atoms with Crippen molar-refractivity contribution in [2.24, 2.45) is 0 Å². The van der Waals surface area contributed by atoms with Gasteiger partial charge in [-0.1, -0.05) is 20.8 Å². The minimum Gasteiger partial charge on any atom is -0.384 e. The minimum atomic E-state index is 0.582. The van der Waals surface area contributed by atoms with Gasteiger partial charge in [-0.15, -0.1) is 11.8 Å². The van der Waals surface area contributed by atoms with E-state index < -0.39 is 0 Å². The van der Waals surface area contributed by atoms with E-state index in [-0.39, 0.29) is 0 Å². The molecular formula is C13H24N4S. The lowest BCUT2D eigenvalue weighted by Gasteiger charge is -2.17. The van der Waals surface area contributed by atoms with Crippen LogP contribution in [0.3, 0.4) is 0 Å². The number of rotatable bonds is 8. The van der Waals surface area contributed by atoms with Crippen LogP contribution in [0.15, 0.2) is 11.1 Å². The molecule has 2 N–H and O–H groups in total. The first-order valence-corrected chi connectivity index (χ1v) is 7.66. The molecule has 4 nitrogen and oxygen atoms in total. The molecule has 0 atom stereocenters. The van der Waals surface area contributed by atoms with E-state index in [1.165, 1.54) is 0 Å². The van der Waals surface area contributed by atoms with Crippen LogP contribution in [0.5, 0.6) is 0 Å². The highest BCUT2D eigenvalue weighted by molar-refractivity contribution is 7.99. The van der Waals surface area contributed by atoms with Gasteiger partial charge in [0.1, 0.15) is 16.7 Å². The van der Waals surface area contributed by atoms with Crippen molar-refractivity contribution in [1.82, 2.24) is 14.9 Å². The number of aromatic nitrogens is 2. The second kappa shape index (κ2) is 8.32. The Labute approximate surface area is 114 Å². The number of thioether (sulfide) groups is 1. The zero-order chi connectivity index (χ0) is 13.4. The quantitative estimate of drug-likeness (QED) is 0.580. The number of nitrogen functional groups attached to an aromatic ring is 1. The molecule has 0 fully saturated rings. The number of nitrogens with zero attached hydrogens (tertiary/aromatic N) is 3. The van der Waals surface area contributed by atoms with E-state index >= 15 is 0 Å². The molecule has 0 aliphatic carbocycles. The molecule has 1 aromatic heterocycles. The average molecular weight is 268 g/mol. The third-order valence-electron chi connectivity index (χ3n) is 2.79. The predicted octanol–water partition coefficient (Wildman–Crippen LogP) is 2.45. The van der Waals surface area contributed by atoms with Crippen LogP contribution in [0.4, 0.5) is 5.82 Å². The summed E-state index contributed by atoms with van der Waals surface area (Å²) in [6.45, 7) is 9.80. The molecular weight excluding hydrogens is 244 g/mol. The maximum absolute atomic E-state index is 5.80. The fourth-order valence-corrected chi connectivity index (χ4v) is 2.65. The van der Waals surface area contributed by atoms with Crippen LogP contribution < -0.4 is 5.73 Å². The Morgan fingerprint density at radius 2 is 1.94 bits per heavy atom. The highest BCUT2D eigenvalue weighted by Crippen LogP contribution is 2.17. The Morgan fingerprint density at radius 3 is 2.56 bits per heavy atom. The van der Waals surface area contributed by atoms with Gasteiger partial charge in [0, 0.05) is 24.8 Å². The van der Waals surface area contributed by atoms with E-state index in [0.717, 1.165) is 49.1 Å². The predicted molar refractivity (Wildman–Crippen MR) is 79.0 cm³/mol. The fraction of sp³-hybridized carbons (Fsp3) is 0.692. The zero-order valence-corrected chi connectivity index (χ0v) is 12.5. The summed E-state index contributed by atoms with van der Waals surface area (Å²) in [6, 6.07) is 1.87. The van der Waals surface area contributed by atoms with Crippen molar-refractivity contribution in [3.8, 4) is 0 Å². The normalized spacial score (nSPS) is 11.1. The molecule has 0 bridgehead atoms. The standard InChI is InChI=1S/C13H24N4S/c1-4-7-12-15-11(14)10-13(16-12)18-9-8-17(5-2)6-3/h10H,4-9H2,1-3H3,(H2,14,15,16). The number of hydrogen-bond donors (Lipinski definition) is 1. The van der Waals surface area contributed by atoms with Gasteiger partial charge in [-0.3, -0.25) is 0 Å². The molecule has 5 heteroatoms. The van der Waals surface area contributed by atoms with Gasteiger partial charge in [-0.2, -0.15) is 0 Å². The third-order valence-corrected chi connectivity index (χ3v) is 3.69. The molecule has 1 rings (SSSR count). The van der Waals surface area contributed by atoms with Crippen LogP contribution in [0, 0.1) is 0 Å². The highest BCUT2D eigenvalue weighted by Gasteiger charge is 2.04. The molecule has 1 aromatic rings. The summed E-state index contributed by atoms with van der Waals surface area (Å²) in [6.07, 6.45) is 1.95. The molecule has 0 unspecified atom stereocenters. The van der Waals surface area contributed by atoms with Crippen molar-refractivity contribution in [3.05, 3.63) is 11.9 Å². The summed E-state index contributed by atoms with van der Waals surface area (Å²) in [5, 5.41) is 0.998. The maximum Gasteiger partial charge on any atom is 0.132 e. The van der Waals surface area contributed by atoms with E-state index in [9.17, 15) is 0 Å².